The molecule has 1 unspecified atom stereocenters. The summed E-state index contributed by atoms with van der Waals surface area (Å²) >= 11 is 1.81. The average molecular weight is 301 g/mol. The summed E-state index contributed by atoms with van der Waals surface area (Å²) in [5, 5.41) is 11.0. The molecule has 1 saturated carbocycles. The molecule has 2 aromatic rings. The van der Waals surface area contributed by atoms with Crippen molar-refractivity contribution < 1.29 is 4.79 Å². The summed E-state index contributed by atoms with van der Waals surface area (Å²) in [6, 6.07) is 12.3. The molecular formula is C16H19N3OS. The quantitative estimate of drug-likeness (QED) is 0.780. The lowest BCUT2D eigenvalue weighted by Crippen LogP contribution is -2.24. The maximum Gasteiger partial charge on any atom is 0.318 e. The molecule has 2 amide bonds. The maximum atomic E-state index is 11.3. The lowest BCUT2D eigenvalue weighted by atomic mass is 10.1. The number of benzene rings is 1. The van der Waals surface area contributed by atoms with E-state index in [1.165, 1.54) is 17.7 Å². The topological polar surface area (TPSA) is 53.2 Å². The van der Waals surface area contributed by atoms with Crippen LogP contribution in [0.25, 0.3) is 0 Å². The molecule has 1 aliphatic rings. The van der Waals surface area contributed by atoms with Gasteiger partial charge in [0, 0.05) is 23.3 Å². The molecule has 5 heteroatoms. The first-order valence-electron chi connectivity index (χ1n) is 7.15. The van der Waals surface area contributed by atoms with E-state index in [1.807, 2.05) is 24.3 Å². The molecule has 110 valence electrons. The van der Waals surface area contributed by atoms with Gasteiger partial charge in [-0.25, -0.2) is 4.79 Å². The number of carbonyl (C=O) groups excluding carboxylic acids is 1. The zero-order valence-electron chi connectivity index (χ0n) is 11.9. The molecule has 1 heterocycles. The fourth-order valence-corrected chi connectivity index (χ4v) is 3.21. The lowest BCUT2D eigenvalue weighted by Gasteiger charge is -2.18. The molecule has 0 radical (unpaired) electrons. The van der Waals surface area contributed by atoms with E-state index in [-0.39, 0.29) is 6.03 Å². The Balaban J connectivity index is 1.67. The predicted molar refractivity (Wildman–Crippen MR) is 87.9 cm³/mol. The van der Waals surface area contributed by atoms with E-state index in [9.17, 15) is 4.79 Å². The van der Waals surface area contributed by atoms with Gasteiger partial charge in [-0.05, 0) is 54.5 Å². The predicted octanol–water partition coefficient (Wildman–Crippen LogP) is 4.06. The van der Waals surface area contributed by atoms with Gasteiger partial charge < -0.3 is 16.0 Å². The molecule has 1 fully saturated rings. The van der Waals surface area contributed by atoms with E-state index in [4.69, 9.17) is 0 Å². The van der Waals surface area contributed by atoms with E-state index in [2.05, 4.69) is 33.5 Å². The molecule has 0 bridgehead atoms. The summed E-state index contributed by atoms with van der Waals surface area (Å²) in [5.41, 5.74) is 1.88. The van der Waals surface area contributed by atoms with E-state index >= 15 is 0 Å². The van der Waals surface area contributed by atoms with Crippen LogP contribution in [0.1, 0.15) is 23.8 Å². The first-order valence-corrected chi connectivity index (χ1v) is 8.03. The summed E-state index contributed by atoms with van der Waals surface area (Å²) in [4.78, 5) is 12.7. The molecular weight excluding hydrogens is 282 g/mol. The first kappa shape index (κ1) is 13.9. The van der Waals surface area contributed by atoms with Gasteiger partial charge in [-0.3, -0.25) is 0 Å². The fourth-order valence-electron chi connectivity index (χ4n) is 2.34. The van der Waals surface area contributed by atoms with Crippen LogP contribution in [0.5, 0.6) is 0 Å². The highest BCUT2D eigenvalue weighted by Gasteiger charge is 2.32. The minimum atomic E-state index is -0.204. The van der Waals surface area contributed by atoms with E-state index in [1.54, 1.807) is 18.4 Å². The zero-order chi connectivity index (χ0) is 14.7. The molecule has 0 spiro atoms. The monoisotopic (exact) mass is 301 g/mol. The molecule has 21 heavy (non-hydrogen) atoms. The van der Waals surface area contributed by atoms with Crippen LogP contribution in [0.4, 0.5) is 16.2 Å². The standard InChI is InChI=1S/C16H19N3OS/c1-17-16(20)19-13-8-6-12(7-9-13)18-15(11-4-5-11)14-3-2-10-21-14/h2-3,6-11,15,18H,4-5H2,1H3,(H2,17,19,20). The van der Waals surface area contributed by atoms with Gasteiger partial charge >= 0.3 is 6.03 Å². The number of amides is 2. The van der Waals surface area contributed by atoms with Crippen molar-refractivity contribution in [2.75, 3.05) is 17.7 Å². The number of urea groups is 1. The minimum absolute atomic E-state index is 0.204. The Bertz CT molecular complexity index is 590. The maximum absolute atomic E-state index is 11.3. The number of hydrogen-bond donors (Lipinski definition) is 3. The van der Waals surface area contributed by atoms with Gasteiger partial charge in [0.15, 0.2) is 0 Å². The van der Waals surface area contributed by atoms with Gasteiger partial charge in [-0.2, -0.15) is 0 Å². The summed E-state index contributed by atoms with van der Waals surface area (Å²) in [6.45, 7) is 0. The first-order chi connectivity index (χ1) is 10.3. The van der Waals surface area contributed by atoms with Crippen LogP contribution in [0.3, 0.4) is 0 Å². The Labute approximate surface area is 128 Å². The molecule has 4 nitrogen and oxygen atoms in total. The Morgan fingerprint density at radius 3 is 2.48 bits per heavy atom. The minimum Gasteiger partial charge on any atom is -0.377 e. The second kappa shape index (κ2) is 6.18. The third-order valence-corrected chi connectivity index (χ3v) is 4.59. The van der Waals surface area contributed by atoms with Crippen molar-refractivity contribution in [1.29, 1.82) is 0 Å². The Hall–Kier alpha value is -2.01. The van der Waals surface area contributed by atoms with Crippen LogP contribution < -0.4 is 16.0 Å². The van der Waals surface area contributed by atoms with Crippen LogP contribution in [0.2, 0.25) is 0 Å². The van der Waals surface area contributed by atoms with Gasteiger partial charge in [-0.15, -0.1) is 11.3 Å². The van der Waals surface area contributed by atoms with Crippen molar-refractivity contribution in [3.63, 3.8) is 0 Å². The highest BCUT2D eigenvalue weighted by Crippen LogP contribution is 2.44. The van der Waals surface area contributed by atoms with Crippen molar-refractivity contribution >= 4 is 28.7 Å². The SMILES string of the molecule is CNC(=O)Nc1ccc(NC(c2cccs2)C2CC2)cc1. The highest BCUT2D eigenvalue weighted by atomic mass is 32.1. The summed E-state index contributed by atoms with van der Waals surface area (Å²) in [6.07, 6.45) is 2.59. The van der Waals surface area contributed by atoms with Crippen LogP contribution in [-0.4, -0.2) is 13.1 Å². The summed E-state index contributed by atoms with van der Waals surface area (Å²) < 4.78 is 0. The van der Waals surface area contributed by atoms with Crippen molar-refractivity contribution in [2.24, 2.45) is 5.92 Å². The van der Waals surface area contributed by atoms with Crippen LogP contribution in [-0.2, 0) is 0 Å². The van der Waals surface area contributed by atoms with Gasteiger partial charge in [0.1, 0.15) is 0 Å². The van der Waals surface area contributed by atoms with E-state index in [0.29, 0.717) is 6.04 Å². The van der Waals surface area contributed by atoms with Crippen molar-refractivity contribution in [3.05, 3.63) is 46.7 Å². The Kier molecular flexibility index (Phi) is 4.10. The van der Waals surface area contributed by atoms with Crippen LogP contribution >= 0.6 is 11.3 Å². The number of nitrogens with one attached hydrogen (secondary N) is 3. The van der Waals surface area contributed by atoms with Crippen molar-refractivity contribution in [2.45, 2.75) is 18.9 Å². The molecule has 1 aromatic heterocycles. The van der Waals surface area contributed by atoms with Crippen LogP contribution in [0, 0.1) is 5.92 Å². The second-order valence-corrected chi connectivity index (χ2v) is 6.24. The fraction of sp³-hybridized carbons (Fsp3) is 0.312. The number of rotatable bonds is 5. The summed E-state index contributed by atoms with van der Waals surface area (Å²) in [5.74, 6) is 0.743. The number of hydrogen-bond acceptors (Lipinski definition) is 3. The molecule has 3 N–H and O–H groups in total. The molecule has 1 aliphatic carbocycles. The van der Waals surface area contributed by atoms with E-state index < -0.39 is 0 Å². The third-order valence-electron chi connectivity index (χ3n) is 3.64. The molecule has 3 rings (SSSR count). The molecule has 1 atom stereocenters. The molecule has 0 saturated heterocycles. The largest absolute Gasteiger partial charge is 0.377 e. The molecule has 0 aliphatic heterocycles. The zero-order valence-corrected chi connectivity index (χ0v) is 12.7. The van der Waals surface area contributed by atoms with Crippen molar-refractivity contribution in [1.82, 2.24) is 5.32 Å². The van der Waals surface area contributed by atoms with Crippen molar-refractivity contribution in [3.8, 4) is 0 Å². The number of anilines is 2. The lowest BCUT2D eigenvalue weighted by molar-refractivity contribution is 0.254. The third kappa shape index (κ3) is 3.55. The van der Waals surface area contributed by atoms with Gasteiger partial charge in [-0.1, -0.05) is 6.07 Å². The molecule has 1 aromatic carbocycles. The van der Waals surface area contributed by atoms with Gasteiger partial charge in [0.2, 0.25) is 0 Å². The second-order valence-electron chi connectivity index (χ2n) is 5.26. The van der Waals surface area contributed by atoms with Gasteiger partial charge in [0.05, 0.1) is 6.04 Å². The smallest absolute Gasteiger partial charge is 0.318 e. The average Bonchev–Trinajstić information content (AvgIpc) is 3.20. The highest BCUT2D eigenvalue weighted by molar-refractivity contribution is 7.10. The van der Waals surface area contributed by atoms with Crippen LogP contribution in [0.15, 0.2) is 41.8 Å². The number of thiophene rings is 1. The number of carbonyl (C=O) groups is 1. The Morgan fingerprint density at radius 2 is 1.90 bits per heavy atom. The Morgan fingerprint density at radius 1 is 1.19 bits per heavy atom. The van der Waals surface area contributed by atoms with Gasteiger partial charge in [0.25, 0.3) is 0 Å². The van der Waals surface area contributed by atoms with E-state index in [0.717, 1.165) is 17.3 Å². The summed E-state index contributed by atoms with van der Waals surface area (Å²) in [7, 11) is 1.60. The normalized spacial score (nSPS) is 15.3.